The average Bonchev–Trinajstić information content (AvgIpc) is 2.34. The molecule has 0 aliphatic heterocycles. The maximum atomic E-state index is 3.86. The van der Waals surface area contributed by atoms with Crippen LogP contribution in [0.4, 0.5) is 0 Å². The van der Waals surface area contributed by atoms with Crippen LogP contribution in [0.3, 0.4) is 0 Å². The molecule has 0 aromatic heterocycles. The molecule has 0 nitrogen and oxygen atoms in total. The Balaban J connectivity index is 0. The molecule has 0 saturated carbocycles. The van der Waals surface area contributed by atoms with Gasteiger partial charge in [0.05, 0.1) is 4.91 Å². The van der Waals surface area contributed by atoms with Crippen molar-refractivity contribution in [2.24, 2.45) is 0 Å². The van der Waals surface area contributed by atoms with Crippen molar-refractivity contribution in [2.75, 3.05) is 6.26 Å². The van der Waals surface area contributed by atoms with E-state index in [4.69, 9.17) is 0 Å². The van der Waals surface area contributed by atoms with Crippen LogP contribution in [0.5, 0.6) is 0 Å². The van der Waals surface area contributed by atoms with Gasteiger partial charge in [-0.2, -0.15) is 0 Å². The highest BCUT2D eigenvalue weighted by molar-refractivity contribution is 8.02. The maximum absolute atomic E-state index is 3.86. The van der Waals surface area contributed by atoms with Gasteiger partial charge in [-0.25, -0.2) is 0 Å². The predicted octanol–water partition coefficient (Wildman–Crippen LogP) is 5.36. The minimum atomic E-state index is 0.814. The molecule has 0 heterocycles. The number of hydrogen-bond donors (Lipinski definition) is 0. The Hall–Kier alpha value is -1.13. The van der Waals surface area contributed by atoms with E-state index in [2.05, 4.69) is 38.0 Å². The zero-order valence-corrected chi connectivity index (χ0v) is 12.6. The lowest BCUT2D eigenvalue weighted by Gasteiger charge is -1.91. The van der Waals surface area contributed by atoms with Crippen LogP contribution in [-0.4, -0.2) is 6.26 Å². The summed E-state index contributed by atoms with van der Waals surface area (Å²) >= 11 is 1.67. The first kappa shape index (κ1) is 18.2. The SMILES string of the molecule is C=C(C)/C=C\C(=C)C#C/C(=C/CC)SC.CC. The number of allylic oxidation sites excluding steroid dienone is 6. The molecule has 0 atom stereocenters. The molecule has 0 fully saturated rings. The molecule has 1 heteroatoms. The smallest absolute Gasteiger partial charge is 0.0534 e. The van der Waals surface area contributed by atoms with E-state index in [-0.39, 0.29) is 0 Å². The molecule has 0 saturated heterocycles. The fraction of sp³-hybridized carbons (Fsp3) is 0.375. The lowest BCUT2D eigenvalue weighted by Crippen LogP contribution is -1.73. The first-order valence-electron chi connectivity index (χ1n) is 5.88. The standard InChI is InChI=1S/C14H18S.C2H6/c1-6-7-14(15-5)11-10-13(4)9-8-12(2)3;1-2/h7-9H,2,4,6H2,1,3,5H3;1-2H3/b9-8-,14-7-;. The molecule has 0 radical (unpaired) electrons. The first-order chi connectivity index (χ1) is 8.10. The molecule has 0 spiro atoms. The van der Waals surface area contributed by atoms with Crippen molar-refractivity contribution >= 4 is 11.8 Å². The van der Waals surface area contributed by atoms with Crippen molar-refractivity contribution < 1.29 is 0 Å². The van der Waals surface area contributed by atoms with Gasteiger partial charge in [0.25, 0.3) is 0 Å². The number of hydrogen-bond acceptors (Lipinski definition) is 1. The van der Waals surface area contributed by atoms with Crippen LogP contribution in [0.25, 0.3) is 0 Å². The van der Waals surface area contributed by atoms with Gasteiger partial charge < -0.3 is 0 Å². The van der Waals surface area contributed by atoms with Crippen molar-refractivity contribution in [3.05, 3.63) is 47.4 Å². The van der Waals surface area contributed by atoms with E-state index >= 15 is 0 Å². The van der Waals surface area contributed by atoms with E-state index in [1.807, 2.05) is 39.2 Å². The molecule has 0 N–H and O–H groups in total. The molecule has 0 aliphatic carbocycles. The molecular formula is C16H24S. The summed E-state index contributed by atoms with van der Waals surface area (Å²) in [6, 6.07) is 0. The second-order valence-corrected chi connectivity index (χ2v) is 3.98. The molecule has 0 aromatic rings. The summed E-state index contributed by atoms with van der Waals surface area (Å²) in [6.07, 6.45) is 8.97. The van der Waals surface area contributed by atoms with Gasteiger partial charge in [0.1, 0.15) is 0 Å². The van der Waals surface area contributed by atoms with E-state index in [0.29, 0.717) is 0 Å². The van der Waals surface area contributed by atoms with Crippen molar-refractivity contribution in [1.29, 1.82) is 0 Å². The highest BCUT2D eigenvalue weighted by Gasteiger charge is 1.86. The van der Waals surface area contributed by atoms with Gasteiger partial charge in [0.2, 0.25) is 0 Å². The van der Waals surface area contributed by atoms with Crippen LogP contribution in [0.1, 0.15) is 34.1 Å². The third-order valence-electron chi connectivity index (χ3n) is 1.52. The van der Waals surface area contributed by atoms with Gasteiger partial charge in [0, 0.05) is 5.57 Å². The summed E-state index contributed by atoms with van der Waals surface area (Å²) in [5.74, 6) is 6.10. The Labute approximate surface area is 112 Å². The quantitative estimate of drug-likeness (QED) is 0.476. The summed E-state index contributed by atoms with van der Waals surface area (Å²) in [4.78, 5) is 1.10. The van der Waals surface area contributed by atoms with Crippen molar-refractivity contribution in [3.63, 3.8) is 0 Å². The van der Waals surface area contributed by atoms with Crippen LogP contribution >= 0.6 is 11.8 Å². The fourth-order valence-corrected chi connectivity index (χ4v) is 1.28. The van der Waals surface area contributed by atoms with Crippen molar-refractivity contribution in [1.82, 2.24) is 0 Å². The van der Waals surface area contributed by atoms with Crippen LogP contribution in [0, 0.1) is 11.8 Å². The molecule has 0 aliphatic rings. The van der Waals surface area contributed by atoms with E-state index < -0.39 is 0 Å². The summed E-state index contributed by atoms with van der Waals surface area (Å²) in [6.45, 7) is 15.7. The lowest BCUT2D eigenvalue weighted by molar-refractivity contribution is 1.22. The Bertz CT molecular complexity index is 345. The Morgan fingerprint density at radius 3 is 2.18 bits per heavy atom. The van der Waals surface area contributed by atoms with Gasteiger partial charge in [-0.05, 0) is 25.7 Å². The molecule has 0 unspecified atom stereocenters. The van der Waals surface area contributed by atoms with Gasteiger partial charge in [-0.1, -0.05) is 63.5 Å². The predicted molar refractivity (Wildman–Crippen MR) is 84.1 cm³/mol. The number of thioether (sulfide) groups is 1. The average molecular weight is 248 g/mol. The third-order valence-corrected chi connectivity index (χ3v) is 2.23. The van der Waals surface area contributed by atoms with Gasteiger partial charge in [-0.3, -0.25) is 0 Å². The van der Waals surface area contributed by atoms with Crippen LogP contribution in [-0.2, 0) is 0 Å². The molecule has 0 bridgehead atoms. The molecule has 17 heavy (non-hydrogen) atoms. The summed E-state index contributed by atoms with van der Waals surface area (Å²) in [5.41, 5.74) is 1.82. The van der Waals surface area contributed by atoms with E-state index in [9.17, 15) is 0 Å². The zero-order chi connectivity index (χ0) is 13.7. The second kappa shape index (κ2) is 12.9. The van der Waals surface area contributed by atoms with E-state index in [1.165, 1.54) is 0 Å². The normalized spacial score (nSPS) is 10.1. The summed E-state index contributed by atoms with van der Waals surface area (Å²) in [7, 11) is 0. The minimum absolute atomic E-state index is 0.814. The zero-order valence-electron chi connectivity index (χ0n) is 11.8. The van der Waals surface area contributed by atoms with Crippen molar-refractivity contribution in [3.8, 4) is 11.8 Å². The first-order valence-corrected chi connectivity index (χ1v) is 7.11. The molecule has 94 valence electrons. The minimum Gasteiger partial charge on any atom is -0.121 e. The third kappa shape index (κ3) is 12.8. The van der Waals surface area contributed by atoms with Gasteiger partial charge >= 0.3 is 0 Å². The van der Waals surface area contributed by atoms with E-state index in [1.54, 1.807) is 11.8 Å². The Morgan fingerprint density at radius 1 is 1.18 bits per heavy atom. The Kier molecular flexibility index (Phi) is 13.9. The molecule has 0 amide bonds. The summed E-state index contributed by atoms with van der Waals surface area (Å²) in [5, 5.41) is 0. The molecular weight excluding hydrogens is 224 g/mol. The van der Waals surface area contributed by atoms with Gasteiger partial charge in [0.15, 0.2) is 0 Å². The van der Waals surface area contributed by atoms with E-state index in [0.717, 1.165) is 22.5 Å². The number of rotatable bonds is 4. The highest BCUT2D eigenvalue weighted by Crippen LogP contribution is 2.10. The largest absolute Gasteiger partial charge is 0.121 e. The molecule has 0 rings (SSSR count). The van der Waals surface area contributed by atoms with Crippen molar-refractivity contribution in [2.45, 2.75) is 34.1 Å². The summed E-state index contributed by atoms with van der Waals surface area (Å²) < 4.78 is 0. The highest BCUT2D eigenvalue weighted by atomic mass is 32.2. The molecule has 0 aromatic carbocycles. The van der Waals surface area contributed by atoms with Crippen LogP contribution in [0.15, 0.2) is 47.4 Å². The maximum Gasteiger partial charge on any atom is 0.0534 e. The van der Waals surface area contributed by atoms with Crippen LogP contribution < -0.4 is 0 Å². The van der Waals surface area contributed by atoms with Gasteiger partial charge in [-0.15, -0.1) is 11.8 Å². The second-order valence-electron chi connectivity index (χ2n) is 3.14. The topological polar surface area (TPSA) is 0 Å². The monoisotopic (exact) mass is 248 g/mol. The Morgan fingerprint density at radius 2 is 1.76 bits per heavy atom. The van der Waals surface area contributed by atoms with Crippen LogP contribution in [0.2, 0.25) is 0 Å². The lowest BCUT2D eigenvalue weighted by atomic mass is 10.2. The fourth-order valence-electron chi connectivity index (χ4n) is 0.797.